The third kappa shape index (κ3) is 2.58. The average molecular weight is 374 g/mol. The molecule has 0 N–H and O–H groups in total. The Bertz CT molecular complexity index is 1380. The lowest BCUT2D eigenvalue weighted by Gasteiger charge is -2.22. The van der Waals surface area contributed by atoms with Crippen molar-refractivity contribution in [2.75, 3.05) is 0 Å². The van der Waals surface area contributed by atoms with Crippen LogP contribution in [0.4, 0.5) is 0 Å². The van der Waals surface area contributed by atoms with Crippen LogP contribution in [-0.2, 0) is 0 Å². The summed E-state index contributed by atoms with van der Waals surface area (Å²) in [7, 11) is 0. The van der Waals surface area contributed by atoms with E-state index in [1.54, 1.807) is 0 Å². The molecule has 1 aliphatic heterocycles. The minimum absolute atomic E-state index is 0.605. The highest BCUT2D eigenvalue weighted by Gasteiger charge is 2.27. The van der Waals surface area contributed by atoms with Gasteiger partial charge >= 0.3 is 5.58 Å². The lowest BCUT2D eigenvalue weighted by molar-refractivity contribution is -0.417. The van der Waals surface area contributed by atoms with Crippen LogP contribution in [0.25, 0.3) is 33.1 Å². The molecule has 3 aromatic carbocycles. The molecule has 4 aromatic rings. The number of nitriles is 1. The highest BCUT2D eigenvalue weighted by atomic mass is 16.3. The van der Waals surface area contributed by atoms with Gasteiger partial charge in [-0.05, 0) is 23.3 Å². The first kappa shape index (κ1) is 17.1. The maximum absolute atomic E-state index is 9.72. The van der Waals surface area contributed by atoms with E-state index in [9.17, 15) is 5.26 Å². The van der Waals surface area contributed by atoms with Gasteiger partial charge in [0.1, 0.15) is 11.6 Å². The van der Waals surface area contributed by atoms with Crippen molar-refractivity contribution >= 4 is 28.7 Å². The number of hydrogen-bond donors (Lipinski definition) is 0. The van der Waals surface area contributed by atoms with Gasteiger partial charge in [-0.1, -0.05) is 43.3 Å². The summed E-state index contributed by atoms with van der Waals surface area (Å²) in [5, 5.41) is 11.8. The zero-order valence-corrected chi connectivity index (χ0v) is 16.0. The number of nitrogens with zero attached hydrogens (tertiary/aromatic N) is 2. The summed E-state index contributed by atoms with van der Waals surface area (Å²) in [5.74, 6) is 0. The fourth-order valence-corrected chi connectivity index (χ4v) is 4.01. The monoisotopic (exact) mass is 374 g/mol. The molecule has 3 heteroatoms. The molecule has 3 nitrogen and oxygen atoms in total. The Kier molecular flexibility index (Phi) is 3.86. The Balaban J connectivity index is 1.88. The second-order valence-corrected chi connectivity index (χ2v) is 7.13. The molecule has 29 heavy (non-hydrogen) atoms. The van der Waals surface area contributed by atoms with Crippen LogP contribution in [0.15, 0.2) is 83.4 Å². The fourth-order valence-electron chi connectivity index (χ4n) is 4.01. The Labute approximate surface area is 169 Å². The molecule has 2 heterocycles. The number of furan rings is 1. The van der Waals surface area contributed by atoms with Gasteiger partial charge in [0.05, 0.1) is 23.2 Å². The van der Waals surface area contributed by atoms with Crippen LogP contribution in [0, 0.1) is 24.3 Å². The molecular formula is C26H18N2O. The van der Waals surface area contributed by atoms with Gasteiger partial charge in [0, 0.05) is 12.1 Å². The van der Waals surface area contributed by atoms with Crippen LogP contribution in [0.5, 0.6) is 0 Å². The number of benzene rings is 3. The Morgan fingerprint density at radius 3 is 2.62 bits per heavy atom. The summed E-state index contributed by atoms with van der Waals surface area (Å²) in [6, 6.07) is 21.3. The van der Waals surface area contributed by atoms with Crippen molar-refractivity contribution < 1.29 is 8.99 Å². The maximum atomic E-state index is 9.72. The molecule has 0 fully saturated rings. The molecule has 0 unspecified atom stereocenters. The van der Waals surface area contributed by atoms with Gasteiger partial charge in [-0.3, -0.25) is 4.42 Å². The molecule has 1 aromatic heterocycles. The number of fused-ring (bicyclic) bond motifs is 3. The van der Waals surface area contributed by atoms with Gasteiger partial charge in [0.15, 0.2) is 0 Å². The molecule has 1 aliphatic rings. The van der Waals surface area contributed by atoms with Crippen molar-refractivity contribution in [1.29, 1.82) is 5.26 Å². The van der Waals surface area contributed by atoms with Crippen molar-refractivity contribution in [3.05, 3.63) is 102 Å². The van der Waals surface area contributed by atoms with Crippen LogP contribution < -0.4 is 0 Å². The molecule has 138 valence electrons. The van der Waals surface area contributed by atoms with Crippen molar-refractivity contribution in [3.8, 4) is 17.2 Å². The molecule has 5 rings (SSSR count). The first-order chi connectivity index (χ1) is 14.2. The number of hydrogen-bond acceptors (Lipinski definition) is 1. The van der Waals surface area contributed by atoms with Gasteiger partial charge in [-0.15, -0.1) is 23.8 Å². The minimum Gasteiger partial charge on any atom is -0.336 e. The van der Waals surface area contributed by atoms with E-state index in [4.69, 9.17) is 4.42 Å². The van der Waals surface area contributed by atoms with Crippen LogP contribution in [0.1, 0.15) is 16.7 Å². The first-order valence-electron chi connectivity index (χ1n) is 9.45. The molecule has 0 amide bonds. The Hall–Kier alpha value is -4.03. The second-order valence-electron chi connectivity index (χ2n) is 7.13. The summed E-state index contributed by atoms with van der Waals surface area (Å²) in [4.78, 5) is 0. The standard InChI is InChI=1S/C26H18N2O/c1-17-11-13-20-21-14-12-19(16-27)24(18-8-4-3-5-9-18)26(21)29-25(20)23(17)22-10-6-7-15-28(22)2/h3-15H,2H2,1H3. The third-order valence-corrected chi connectivity index (χ3v) is 5.40. The summed E-state index contributed by atoms with van der Waals surface area (Å²) >= 11 is 0. The van der Waals surface area contributed by atoms with Gasteiger partial charge < -0.3 is 4.58 Å². The van der Waals surface area contributed by atoms with E-state index < -0.39 is 0 Å². The lowest BCUT2D eigenvalue weighted by atomic mass is 9.94. The van der Waals surface area contributed by atoms with Gasteiger partial charge in [0.25, 0.3) is 5.58 Å². The van der Waals surface area contributed by atoms with Crippen LogP contribution in [0.3, 0.4) is 0 Å². The SMILES string of the molecule is C=[N+]1C=CC=C[C-]1c1c(C)ccc2c3ccc(C#N)c(-c4ccccc4)c3[o+][c-]12. The zero-order chi connectivity index (χ0) is 20.0. The highest BCUT2D eigenvalue weighted by molar-refractivity contribution is 6.12. The largest absolute Gasteiger partial charge is 0.353 e. The van der Waals surface area contributed by atoms with E-state index in [2.05, 4.69) is 31.8 Å². The molecule has 0 saturated heterocycles. The topological polar surface area (TPSA) is 38.1 Å². The third-order valence-electron chi connectivity index (χ3n) is 5.40. The van der Waals surface area contributed by atoms with Crippen molar-refractivity contribution in [2.45, 2.75) is 6.92 Å². The second kappa shape index (κ2) is 6.54. The molecule has 0 spiro atoms. The lowest BCUT2D eigenvalue weighted by Crippen LogP contribution is -2.14. The van der Waals surface area contributed by atoms with Crippen LogP contribution >= 0.6 is 0 Å². The summed E-state index contributed by atoms with van der Waals surface area (Å²) in [6.07, 6.45) is 7.93. The summed E-state index contributed by atoms with van der Waals surface area (Å²) < 4.78 is 8.36. The van der Waals surface area contributed by atoms with E-state index in [-0.39, 0.29) is 0 Å². The molecule has 0 atom stereocenters. The predicted molar refractivity (Wildman–Crippen MR) is 117 cm³/mol. The zero-order valence-electron chi connectivity index (χ0n) is 16.0. The molecule has 0 radical (unpaired) electrons. The summed E-state index contributed by atoms with van der Waals surface area (Å²) in [6.45, 7) is 6.20. The van der Waals surface area contributed by atoms with Crippen molar-refractivity contribution in [2.24, 2.45) is 0 Å². The maximum Gasteiger partial charge on any atom is 0.353 e. The van der Waals surface area contributed by atoms with E-state index in [1.165, 1.54) is 0 Å². The van der Waals surface area contributed by atoms with Gasteiger partial charge in [-0.25, -0.2) is 0 Å². The number of aryl methyl sites for hydroxylation is 1. The Morgan fingerprint density at radius 1 is 1.03 bits per heavy atom. The number of allylic oxidation sites excluding steroid dienone is 2. The minimum atomic E-state index is 0.605. The smallest absolute Gasteiger partial charge is 0.336 e. The number of rotatable bonds is 2. The summed E-state index contributed by atoms with van der Waals surface area (Å²) in [5.41, 5.74) is 6.10. The molecular weight excluding hydrogens is 356 g/mol. The Morgan fingerprint density at radius 2 is 1.86 bits per heavy atom. The van der Waals surface area contributed by atoms with E-state index >= 15 is 0 Å². The quantitative estimate of drug-likeness (QED) is 0.241. The first-order valence-corrected chi connectivity index (χ1v) is 9.45. The molecule has 0 bridgehead atoms. The predicted octanol–water partition coefficient (Wildman–Crippen LogP) is 6.11. The normalized spacial score (nSPS) is 13.4. The van der Waals surface area contributed by atoms with Gasteiger partial charge in [0.2, 0.25) is 0 Å². The van der Waals surface area contributed by atoms with Crippen molar-refractivity contribution in [1.82, 2.24) is 0 Å². The van der Waals surface area contributed by atoms with E-state index in [0.717, 1.165) is 50.2 Å². The fraction of sp³-hybridized carbons (Fsp3) is 0.0385. The highest BCUT2D eigenvalue weighted by Crippen LogP contribution is 2.41. The van der Waals surface area contributed by atoms with Crippen molar-refractivity contribution in [3.63, 3.8) is 0 Å². The molecule has 0 saturated carbocycles. The van der Waals surface area contributed by atoms with Crippen LogP contribution in [-0.4, -0.2) is 11.3 Å². The average Bonchev–Trinajstić information content (AvgIpc) is 3.13. The van der Waals surface area contributed by atoms with E-state index in [0.29, 0.717) is 5.56 Å². The van der Waals surface area contributed by atoms with Gasteiger partial charge in [-0.2, -0.15) is 11.3 Å². The van der Waals surface area contributed by atoms with E-state index in [1.807, 2.05) is 71.5 Å². The molecule has 0 aliphatic carbocycles. The van der Waals surface area contributed by atoms with Crippen LogP contribution in [0.2, 0.25) is 0 Å².